The maximum absolute atomic E-state index is 10.2. The summed E-state index contributed by atoms with van der Waals surface area (Å²) in [5.74, 6) is 1.37. The summed E-state index contributed by atoms with van der Waals surface area (Å²) in [6.07, 6.45) is -0.437. The Bertz CT molecular complexity index is 474. The first kappa shape index (κ1) is 20.2. The maximum Gasteiger partial charge on any atom is 0.119 e. The van der Waals surface area contributed by atoms with E-state index in [-0.39, 0.29) is 12.4 Å². The van der Waals surface area contributed by atoms with Gasteiger partial charge >= 0.3 is 0 Å². The van der Waals surface area contributed by atoms with Gasteiger partial charge in [-0.25, -0.2) is 0 Å². The number of aliphatic hydroxyl groups excluding tert-OH is 1. The highest BCUT2D eigenvalue weighted by molar-refractivity contribution is 5.85. The molecule has 0 aliphatic carbocycles. The molecule has 1 aromatic carbocycles. The summed E-state index contributed by atoms with van der Waals surface area (Å²) in [7, 11) is 2.14. The molecule has 0 saturated carbocycles. The van der Waals surface area contributed by atoms with E-state index < -0.39 is 6.10 Å². The monoisotopic (exact) mass is 342 g/mol. The average Bonchev–Trinajstić information content (AvgIpc) is 2.47. The first-order valence-electron chi connectivity index (χ1n) is 8.28. The van der Waals surface area contributed by atoms with E-state index in [1.165, 1.54) is 11.1 Å². The van der Waals surface area contributed by atoms with E-state index in [1.807, 2.05) is 6.07 Å². The lowest BCUT2D eigenvalue weighted by Gasteiger charge is -2.33. The second-order valence-corrected chi connectivity index (χ2v) is 6.74. The molecule has 1 unspecified atom stereocenters. The average molecular weight is 343 g/mol. The van der Waals surface area contributed by atoms with Crippen LogP contribution < -0.4 is 4.74 Å². The molecule has 5 heteroatoms. The summed E-state index contributed by atoms with van der Waals surface area (Å²) in [6, 6.07) is 6.20. The number of aliphatic hydroxyl groups is 1. The molecule has 1 aromatic rings. The highest BCUT2D eigenvalue weighted by Crippen LogP contribution is 2.23. The molecule has 4 nitrogen and oxygen atoms in total. The molecule has 0 spiro atoms. The van der Waals surface area contributed by atoms with Crippen LogP contribution in [0.4, 0.5) is 0 Å². The van der Waals surface area contributed by atoms with Gasteiger partial charge in [-0.05, 0) is 43.1 Å². The Hall–Kier alpha value is -0.810. The third kappa shape index (κ3) is 6.30. The Labute approximate surface area is 146 Å². The maximum atomic E-state index is 10.2. The first-order valence-corrected chi connectivity index (χ1v) is 8.28. The molecule has 1 aliphatic heterocycles. The highest BCUT2D eigenvalue weighted by Gasteiger charge is 2.17. The van der Waals surface area contributed by atoms with E-state index in [0.29, 0.717) is 19.1 Å². The zero-order valence-electron chi connectivity index (χ0n) is 14.8. The van der Waals surface area contributed by atoms with E-state index in [2.05, 4.69) is 49.8 Å². The van der Waals surface area contributed by atoms with Crippen molar-refractivity contribution >= 4 is 12.4 Å². The van der Waals surface area contributed by atoms with E-state index in [1.54, 1.807) is 0 Å². The van der Waals surface area contributed by atoms with Crippen LogP contribution in [0.5, 0.6) is 5.75 Å². The Balaban J connectivity index is 0.00000264. The van der Waals surface area contributed by atoms with Crippen molar-refractivity contribution in [2.24, 2.45) is 0 Å². The van der Waals surface area contributed by atoms with Crippen LogP contribution >= 0.6 is 12.4 Å². The number of ether oxygens (including phenoxy) is 1. The normalized spacial score (nSPS) is 17.8. The Morgan fingerprint density at radius 3 is 2.39 bits per heavy atom. The van der Waals surface area contributed by atoms with Crippen molar-refractivity contribution in [3.05, 3.63) is 29.3 Å². The number of halogens is 1. The Morgan fingerprint density at radius 1 is 1.17 bits per heavy atom. The van der Waals surface area contributed by atoms with Crippen molar-refractivity contribution in [2.45, 2.75) is 32.8 Å². The molecule has 1 N–H and O–H groups in total. The van der Waals surface area contributed by atoms with Crippen LogP contribution in [0.15, 0.2) is 18.2 Å². The molecule has 1 atom stereocenters. The zero-order valence-corrected chi connectivity index (χ0v) is 15.6. The third-order valence-electron chi connectivity index (χ3n) is 4.37. The zero-order chi connectivity index (χ0) is 16.1. The highest BCUT2D eigenvalue weighted by atomic mass is 35.5. The quantitative estimate of drug-likeness (QED) is 0.861. The standard InChI is InChI=1S/C18H30N2O2.ClH/c1-14(2)18-6-5-17(11-15(18)3)22-13-16(21)12-20-9-7-19(4)8-10-20;/h5-6,11,14,16,21H,7-10,12-13H2,1-4H3;1H. The van der Waals surface area contributed by atoms with Crippen molar-refractivity contribution in [1.82, 2.24) is 9.80 Å². The van der Waals surface area contributed by atoms with Gasteiger partial charge in [0.1, 0.15) is 18.5 Å². The Morgan fingerprint density at radius 2 is 1.83 bits per heavy atom. The molecule has 1 saturated heterocycles. The van der Waals surface area contributed by atoms with Gasteiger partial charge in [-0.2, -0.15) is 0 Å². The van der Waals surface area contributed by atoms with Crippen LogP contribution in [0.1, 0.15) is 30.9 Å². The van der Waals surface area contributed by atoms with Gasteiger partial charge in [0.2, 0.25) is 0 Å². The second-order valence-electron chi connectivity index (χ2n) is 6.74. The molecule has 0 amide bonds. The lowest BCUT2D eigenvalue weighted by atomic mass is 9.98. The summed E-state index contributed by atoms with van der Waals surface area (Å²) in [5, 5.41) is 10.2. The molecule has 1 heterocycles. The fourth-order valence-electron chi connectivity index (χ4n) is 2.96. The minimum Gasteiger partial charge on any atom is -0.491 e. The number of benzene rings is 1. The van der Waals surface area contributed by atoms with Gasteiger partial charge in [-0.3, -0.25) is 4.90 Å². The molecule has 132 valence electrons. The van der Waals surface area contributed by atoms with Crippen LogP contribution in [0.3, 0.4) is 0 Å². The predicted molar refractivity (Wildman–Crippen MR) is 98.0 cm³/mol. The molecule has 0 radical (unpaired) electrons. The van der Waals surface area contributed by atoms with E-state index in [0.717, 1.165) is 31.9 Å². The summed E-state index contributed by atoms with van der Waals surface area (Å²) >= 11 is 0. The van der Waals surface area contributed by atoms with E-state index in [4.69, 9.17) is 4.74 Å². The van der Waals surface area contributed by atoms with Crippen LogP contribution in [0.25, 0.3) is 0 Å². The number of likely N-dealkylation sites (N-methyl/N-ethyl adjacent to an activating group) is 1. The van der Waals surface area contributed by atoms with Crippen molar-refractivity contribution in [3.63, 3.8) is 0 Å². The molecule has 2 rings (SSSR count). The molecule has 1 aliphatic rings. The number of rotatable bonds is 6. The number of hydrogen-bond donors (Lipinski definition) is 1. The fourth-order valence-corrected chi connectivity index (χ4v) is 2.96. The van der Waals surface area contributed by atoms with Crippen molar-refractivity contribution in [3.8, 4) is 5.75 Å². The van der Waals surface area contributed by atoms with Crippen molar-refractivity contribution < 1.29 is 9.84 Å². The van der Waals surface area contributed by atoms with Gasteiger partial charge in [0.25, 0.3) is 0 Å². The van der Waals surface area contributed by atoms with Crippen molar-refractivity contribution in [2.75, 3.05) is 46.4 Å². The summed E-state index contributed by atoms with van der Waals surface area (Å²) < 4.78 is 5.76. The first-order chi connectivity index (χ1) is 10.5. The number of nitrogens with zero attached hydrogens (tertiary/aromatic N) is 2. The van der Waals surface area contributed by atoms with Gasteiger partial charge in [-0.15, -0.1) is 12.4 Å². The van der Waals surface area contributed by atoms with Crippen LogP contribution in [-0.4, -0.2) is 67.4 Å². The molecular formula is C18H31ClN2O2. The van der Waals surface area contributed by atoms with Gasteiger partial charge in [0, 0.05) is 32.7 Å². The minimum absolute atomic E-state index is 0. The SMILES string of the molecule is Cc1cc(OCC(O)CN2CCN(C)CC2)ccc1C(C)C.Cl. The molecule has 0 bridgehead atoms. The number of piperazine rings is 1. The number of β-amino-alcohol motifs (C(OH)–C–C–N with tert-alkyl or cyclic N) is 1. The summed E-state index contributed by atoms with van der Waals surface area (Å²) in [4.78, 5) is 4.62. The van der Waals surface area contributed by atoms with E-state index >= 15 is 0 Å². The van der Waals surface area contributed by atoms with Crippen molar-refractivity contribution in [1.29, 1.82) is 0 Å². The lowest BCUT2D eigenvalue weighted by Crippen LogP contribution is -2.47. The van der Waals surface area contributed by atoms with Crippen LogP contribution in [0.2, 0.25) is 0 Å². The molecule has 0 aromatic heterocycles. The minimum atomic E-state index is -0.437. The topological polar surface area (TPSA) is 35.9 Å². The van der Waals surface area contributed by atoms with Crippen LogP contribution in [-0.2, 0) is 0 Å². The summed E-state index contributed by atoms with van der Waals surface area (Å²) in [5.41, 5.74) is 2.60. The Kier molecular flexibility index (Phi) is 8.34. The van der Waals surface area contributed by atoms with Gasteiger partial charge in [0.15, 0.2) is 0 Å². The largest absolute Gasteiger partial charge is 0.491 e. The number of hydrogen-bond acceptors (Lipinski definition) is 4. The third-order valence-corrected chi connectivity index (χ3v) is 4.37. The summed E-state index contributed by atoms with van der Waals surface area (Å²) in [6.45, 7) is 11.7. The van der Waals surface area contributed by atoms with Crippen LogP contribution in [0, 0.1) is 6.92 Å². The van der Waals surface area contributed by atoms with Gasteiger partial charge < -0.3 is 14.7 Å². The molecule has 23 heavy (non-hydrogen) atoms. The second kappa shape index (κ2) is 9.48. The van der Waals surface area contributed by atoms with E-state index in [9.17, 15) is 5.11 Å². The predicted octanol–water partition coefficient (Wildman–Crippen LogP) is 2.53. The molecular weight excluding hydrogens is 312 g/mol. The molecule has 1 fully saturated rings. The lowest BCUT2D eigenvalue weighted by molar-refractivity contribution is 0.0504. The smallest absolute Gasteiger partial charge is 0.119 e. The number of aryl methyl sites for hydroxylation is 1. The van der Waals surface area contributed by atoms with Gasteiger partial charge in [0.05, 0.1) is 0 Å². The fraction of sp³-hybridized carbons (Fsp3) is 0.667. The van der Waals surface area contributed by atoms with Gasteiger partial charge in [-0.1, -0.05) is 19.9 Å².